The third-order valence-corrected chi connectivity index (χ3v) is 3.18. The Balaban J connectivity index is 2.11. The summed E-state index contributed by atoms with van der Waals surface area (Å²) in [6.07, 6.45) is 3.49. The van der Waals surface area contributed by atoms with Gasteiger partial charge in [0.2, 0.25) is 0 Å². The van der Waals surface area contributed by atoms with Gasteiger partial charge < -0.3 is 15.2 Å². The van der Waals surface area contributed by atoms with Gasteiger partial charge in [-0.1, -0.05) is 6.07 Å². The summed E-state index contributed by atoms with van der Waals surface area (Å²) in [6, 6.07) is 5.57. The van der Waals surface area contributed by atoms with Crippen LogP contribution < -0.4 is 5.32 Å². The summed E-state index contributed by atoms with van der Waals surface area (Å²) in [5.41, 5.74) is 1.17. The number of rotatable bonds is 8. The summed E-state index contributed by atoms with van der Waals surface area (Å²) >= 11 is 3.31. The molecule has 0 bridgehead atoms. The second-order valence-electron chi connectivity index (χ2n) is 4.02. The topological polar surface area (TPSA) is 41.5 Å². The molecule has 3 nitrogen and oxygen atoms in total. The fourth-order valence-electron chi connectivity index (χ4n) is 1.57. The van der Waals surface area contributed by atoms with Crippen molar-refractivity contribution in [2.45, 2.75) is 25.8 Å². The summed E-state index contributed by atoms with van der Waals surface area (Å²) in [7, 11) is 1.74. The molecule has 0 aromatic heterocycles. The fraction of sp³-hybridized carbons (Fsp3) is 0.538. The fourth-order valence-corrected chi connectivity index (χ4v) is 1.99. The lowest BCUT2D eigenvalue weighted by Gasteiger charge is -2.06. The monoisotopic (exact) mass is 301 g/mol. The molecule has 0 aliphatic rings. The van der Waals surface area contributed by atoms with Gasteiger partial charge in [-0.05, 0) is 59.4 Å². The number of aromatic hydroxyl groups is 1. The van der Waals surface area contributed by atoms with Crippen LogP contribution in [-0.2, 0) is 11.3 Å². The molecule has 0 fully saturated rings. The van der Waals surface area contributed by atoms with Crippen molar-refractivity contribution in [1.82, 2.24) is 5.32 Å². The van der Waals surface area contributed by atoms with E-state index < -0.39 is 0 Å². The Kier molecular flexibility index (Phi) is 7.24. The zero-order chi connectivity index (χ0) is 12.5. The van der Waals surface area contributed by atoms with Crippen molar-refractivity contribution in [2.24, 2.45) is 0 Å². The highest BCUT2D eigenvalue weighted by Crippen LogP contribution is 2.24. The van der Waals surface area contributed by atoms with Crippen LogP contribution in [0, 0.1) is 0 Å². The molecular formula is C13H20BrNO2. The van der Waals surface area contributed by atoms with Crippen molar-refractivity contribution in [2.75, 3.05) is 20.3 Å². The molecule has 0 radical (unpaired) electrons. The van der Waals surface area contributed by atoms with Crippen LogP contribution in [-0.4, -0.2) is 25.4 Å². The first kappa shape index (κ1) is 14.5. The van der Waals surface area contributed by atoms with Gasteiger partial charge in [0.1, 0.15) is 5.75 Å². The van der Waals surface area contributed by atoms with E-state index in [1.165, 1.54) is 18.4 Å². The van der Waals surface area contributed by atoms with Crippen LogP contribution in [0.5, 0.6) is 5.75 Å². The number of methoxy groups -OCH3 is 1. The van der Waals surface area contributed by atoms with Crippen LogP contribution in [0.25, 0.3) is 0 Å². The molecule has 1 rings (SSSR count). The van der Waals surface area contributed by atoms with Crippen molar-refractivity contribution >= 4 is 15.9 Å². The zero-order valence-electron chi connectivity index (χ0n) is 10.2. The molecule has 0 aliphatic carbocycles. The van der Waals surface area contributed by atoms with Gasteiger partial charge >= 0.3 is 0 Å². The Hall–Kier alpha value is -0.580. The molecular weight excluding hydrogens is 282 g/mol. The lowest BCUT2D eigenvalue weighted by molar-refractivity contribution is 0.192. The molecule has 0 spiro atoms. The number of hydrogen-bond acceptors (Lipinski definition) is 3. The second-order valence-corrected chi connectivity index (χ2v) is 4.87. The Labute approximate surface area is 111 Å². The molecule has 17 heavy (non-hydrogen) atoms. The second kappa shape index (κ2) is 8.50. The van der Waals surface area contributed by atoms with Crippen LogP contribution in [0.3, 0.4) is 0 Å². The van der Waals surface area contributed by atoms with E-state index in [1.54, 1.807) is 13.2 Å². The number of ether oxygens (including phenoxy) is 1. The van der Waals surface area contributed by atoms with Crippen molar-refractivity contribution in [1.29, 1.82) is 0 Å². The first-order valence-corrected chi connectivity index (χ1v) is 6.70. The quantitative estimate of drug-likeness (QED) is 0.725. The van der Waals surface area contributed by atoms with E-state index in [2.05, 4.69) is 21.2 Å². The maximum atomic E-state index is 9.36. The molecule has 2 N–H and O–H groups in total. The summed E-state index contributed by atoms with van der Waals surface area (Å²) < 4.78 is 5.74. The lowest BCUT2D eigenvalue weighted by atomic mass is 10.2. The molecule has 1 aromatic rings. The van der Waals surface area contributed by atoms with E-state index in [1.807, 2.05) is 12.1 Å². The van der Waals surface area contributed by atoms with Crippen LogP contribution in [0.2, 0.25) is 0 Å². The van der Waals surface area contributed by atoms with Gasteiger partial charge in [-0.15, -0.1) is 0 Å². The molecule has 0 saturated heterocycles. The van der Waals surface area contributed by atoms with Gasteiger partial charge in [0, 0.05) is 20.3 Å². The predicted octanol–water partition coefficient (Wildman–Crippen LogP) is 3.06. The van der Waals surface area contributed by atoms with E-state index in [4.69, 9.17) is 4.74 Å². The van der Waals surface area contributed by atoms with E-state index in [0.717, 1.165) is 30.6 Å². The number of nitrogens with one attached hydrogen (secondary N) is 1. The number of unbranched alkanes of at least 4 members (excludes halogenated alkanes) is 2. The summed E-state index contributed by atoms with van der Waals surface area (Å²) in [5.74, 6) is 0.285. The molecule has 0 unspecified atom stereocenters. The van der Waals surface area contributed by atoms with E-state index in [-0.39, 0.29) is 5.75 Å². The number of halogens is 1. The summed E-state index contributed by atoms with van der Waals surface area (Å²) in [4.78, 5) is 0. The largest absolute Gasteiger partial charge is 0.507 e. The Morgan fingerprint density at radius 1 is 1.29 bits per heavy atom. The van der Waals surface area contributed by atoms with Gasteiger partial charge in [-0.3, -0.25) is 0 Å². The van der Waals surface area contributed by atoms with Gasteiger partial charge in [0.05, 0.1) is 4.47 Å². The average Bonchev–Trinajstić information content (AvgIpc) is 2.32. The number of benzene rings is 1. The van der Waals surface area contributed by atoms with Gasteiger partial charge in [-0.25, -0.2) is 0 Å². The maximum absolute atomic E-state index is 9.36. The number of hydrogen-bond donors (Lipinski definition) is 2. The minimum Gasteiger partial charge on any atom is -0.507 e. The van der Waals surface area contributed by atoms with E-state index >= 15 is 0 Å². The Bertz CT molecular complexity index is 331. The van der Waals surface area contributed by atoms with Crippen LogP contribution >= 0.6 is 15.9 Å². The molecule has 96 valence electrons. The Morgan fingerprint density at radius 2 is 2.12 bits per heavy atom. The molecule has 0 atom stereocenters. The van der Waals surface area contributed by atoms with E-state index in [0.29, 0.717) is 0 Å². The smallest absolute Gasteiger partial charge is 0.129 e. The SMILES string of the molecule is COCCCCCNCc1ccc(O)c(Br)c1. The van der Waals surface area contributed by atoms with Crippen molar-refractivity contribution < 1.29 is 9.84 Å². The third-order valence-electron chi connectivity index (χ3n) is 2.54. The first-order valence-electron chi connectivity index (χ1n) is 5.91. The van der Waals surface area contributed by atoms with Crippen LogP contribution in [0.4, 0.5) is 0 Å². The number of phenolic OH excluding ortho intramolecular Hbond substituents is 1. The van der Waals surface area contributed by atoms with Crippen LogP contribution in [0.1, 0.15) is 24.8 Å². The third kappa shape index (κ3) is 6.05. The van der Waals surface area contributed by atoms with Gasteiger partial charge in [0.25, 0.3) is 0 Å². The van der Waals surface area contributed by atoms with E-state index in [9.17, 15) is 5.11 Å². The summed E-state index contributed by atoms with van der Waals surface area (Å²) in [5, 5.41) is 12.7. The Morgan fingerprint density at radius 3 is 2.82 bits per heavy atom. The maximum Gasteiger partial charge on any atom is 0.129 e. The standard InChI is InChI=1S/C13H20BrNO2/c1-17-8-4-2-3-7-15-10-11-5-6-13(16)12(14)9-11/h5-6,9,15-16H,2-4,7-8,10H2,1H3. The highest BCUT2D eigenvalue weighted by molar-refractivity contribution is 9.10. The predicted molar refractivity (Wildman–Crippen MR) is 73.2 cm³/mol. The van der Waals surface area contributed by atoms with Crippen molar-refractivity contribution in [3.63, 3.8) is 0 Å². The average molecular weight is 302 g/mol. The van der Waals surface area contributed by atoms with Gasteiger partial charge in [-0.2, -0.15) is 0 Å². The van der Waals surface area contributed by atoms with Crippen LogP contribution in [0.15, 0.2) is 22.7 Å². The highest BCUT2D eigenvalue weighted by Gasteiger charge is 1.99. The van der Waals surface area contributed by atoms with Crippen molar-refractivity contribution in [3.8, 4) is 5.75 Å². The minimum absolute atomic E-state index is 0.285. The van der Waals surface area contributed by atoms with Gasteiger partial charge in [0.15, 0.2) is 0 Å². The number of phenols is 1. The molecule has 4 heteroatoms. The highest BCUT2D eigenvalue weighted by atomic mass is 79.9. The molecule has 0 aliphatic heterocycles. The minimum atomic E-state index is 0.285. The van der Waals surface area contributed by atoms with Crippen molar-refractivity contribution in [3.05, 3.63) is 28.2 Å². The summed E-state index contributed by atoms with van der Waals surface area (Å²) in [6.45, 7) is 2.70. The molecule has 0 heterocycles. The normalized spacial score (nSPS) is 10.7. The molecule has 0 saturated carbocycles. The molecule has 1 aromatic carbocycles. The molecule has 0 amide bonds. The lowest BCUT2D eigenvalue weighted by Crippen LogP contribution is -2.14. The zero-order valence-corrected chi connectivity index (χ0v) is 11.8. The first-order chi connectivity index (χ1) is 8.24.